The molecule has 1 nitrogen and oxygen atoms in total. The molecule has 0 aliphatic carbocycles. The number of unbranched alkanes of at least 4 members (excludes halogenated alkanes) is 1. The summed E-state index contributed by atoms with van der Waals surface area (Å²) < 4.78 is 0. The summed E-state index contributed by atoms with van der Waals surface area (Å²) in [7, 11) is 0. The normalized spacial score (nSPS) is 14.1. The lowest BCUT2D eigenvalue weighted by Gasteiger charge is -2.01. The second-order valence-corrected chi connectivity index (χ2v) is 3.06. The van der Waals surface area contributed by atoms with E-state index in [9.17, 15) is 0 Å². The van der Waals surface area contributed by atoms with Gasteiger partial charge in [-0.2, -0.15) is 0 Å². The zero-order chi connectivity index (χ0) is 8.53. The molecule has 0 fully saturated rings. The molecule has 0 rings (SSSR count). The maximum Gasteiger partial charge on any atom is 0.0433 e. The minimum atomic E-state index is 0.312. The molecule has 11 heavy (non-hydrogen) atoms. The Bertz CT molecular complexity index is 97.0. The third-order valence-electron chi connectivity index (χ3n) is 1.74. The van der Waals surface area contributed by atoms with Crippen LogP contribution in [-0.2, 0) is 0 Å². The largest absolute Gasteiger partial charge is 0.396 e. The summed E-state index contributed by atoms with van der Waals surface area (Å²) in [5, 5.41) is 8.50. The maximum absolute atomic E-state index is 8.50. The number of rotatable bonds is 6. The highest BCUT2D eigenvalue weighted by molar-refractivity contribution is 4.85. The summed E-state index contributed by atoms with van der Waals surface area (Å²) in [5.74, 6) is 0.707. The summed E-state index contributed by atoms with van der Waals surface area (Å²) in [6, 6.07) is 0. The zero-order valence-corrected chi connectivity index (χ0v) is 7.71. The molecule has 0 radical (unpaired) electrons. The smallest absolute Gasteiger partial charge is 0.0433 e. The summed E-state index contributed by atoms with van der Waals surface area (Å²) in [5.41, 5.74) is 0. The summed E-state index contributed by atoms with van der Waals surface area (Å²) in [4.78, 5) is 0. The third kappa shape index (κ3) is 7.60. The lowest BCUT2D eigenvalue weighted by Crippen LogP contribution is -1.87. The fourth-order valence-corrected chi connectivity index (χ4v) is 1.09. The molecule has 0 aromatic rings. The van der Waals surface area contributed by atoms with E-state index in [1.54, 1.807) is 0 Å². The molecule has 0 aromatic carbocycles. The molecule has 1 N–H and O–H groups in total. The lowest BCUT2D eigenvalue weighted by molar-refractivity contribution is 0.289. The maximum atomic E-state index is 8.50. The van der Waals surface area contributed by atoms with Crippen molar-refractivity contribution in [2.45, 2.75) is 39.5 Å². The van der Waals surface area contributed by atoms with Gasteiger partial charge in [-0.3, -0.25) is 0 Å². The molecule has 0 aliphatic heterocycles. The first kappa shape index (κ1) is 10.7. The fourth-order valence-electron chi connectivity index (χ4n) is 1.09. The number of hydrogen-bond donors (Lipinski definition) is 1. The van der Waals surface area contributed by atoms with Crippen molar-refractivity contribution in [2.24, 2.45) is 5.92 Å². The quantitative estimate of drug-likeness (QED) is 0.463. The van der Waals surface area contributed by atoms with Crippen molar-refractivity contribution in [3.63, 3.8) is 0 Å². The first-order valence-electron chi connectivity index (χ1n) is 4.58. The Morgan fingerprint density at radius 3 is 2.73 bits per heavy atom. The predicted molar refractivity (Wildman–Crippen MR) is 49.5 cm³/mol. The number of aliphatic hydroxyl groups is 1. The molecule has 0 saturated carbocycles. The molecule has 0 aromatic heterocycles. The summed E-state index contributed by atoms with van der Waals surface area (Å²) in [6.45, 7) is 4.75. The van der Waals surface area contributed by atoms with E-state index in [2.05, 4.69) is 26.0 Å². The third-order valence-corrected chi connectivity index (χ3v) is 1.74. The van der Waals surface area contributed by atoms with Crippen LogP contribution >= 0.6 is 0 Å². The second kappa shape index (κ2) is 7.80. The Morgan fingerprint density at radius 2 is 2.18 bits per heavy atom. The first-order valence-corrected chi connectivity index (χ1v) is 4.58. The van der Waals surface area contributed by atoms with Crippen LogP contribution in [0.3, 0.4) is 0 Å². The Labute approximate surface area is 70.1 Å². The minimum absolute atomic E-state index is 0.312. The van der Waals surface area contributed by atoms with Crippen LogP contribution in [0.25, 0.3) is 0 Å². The fraction of sp³-hybridized carbons (Fsp3) is 0.800. The van der Waals surface area contributed by atoms with E-state index in [1.807, 2.05) is 0 Å². The molecule has 1 heteroatoms. The van der Waals surface area contributed by atoms with Gasteiger partial charge in [0.1, 0.15) is 0 Å². The standard InChI is InChI=1S/C10H20O/c1-3-7-10(2)8-5-4-6-9-11/h5,8,10-11H,3-4,6-7,9H2,1-2H3. The lowest BCUT2D eigenvalue weighted by atomic mass is 10.1. The van der Waals surface area contributed by atoms with Crippen molar-refractivity contribution in [3.05, 3.63) is 12.2 Å². The van der Waals surface area contributed by atoms with E-state index in [-0.39, 0.29) is 0 Å². The van der Waals surface area contributed by atoms with E-state index < -0.39 is 0 Å². The highest BCUT2D eigenvalue weighted by Gasteiger charge is 1.92. The van der Waals surface area contributed by atoms with Gasteiger partial charge in [0.05, 0.1) is 0 Å². The van der Waals surface area contributed by atoms with Gasteiger partial charge in [-0.1, -0.05) is 32.4 Å². The van der Waals surface area contributed by atoms with Gasteiger partial charge in [0.2, 0.25) is 0 Å². The number of aliphatic hydroxyl groups excluding tert-OH is 1. The van der Waals surface area contributed by atoms with E-state index >= 15 is 0 Å². The number of allylic oxidation sites excluding steroid dienone is 2. The Hall–Kier alpha value is -0.300. The SMILES string of the molecule is CCCC(C)C=CCCCO. The monoisotopic (exact) mass is 156 g/mol. The second-order valence-electron chi connectivity index (χ2n) is 3.06. The van der Waals surface area contributed by atoms with Crippen LogP contribution in [0, 0.1) is 5.92 Å². The van der Waals surface area contributed by atoms with Crippen molar-refractivity contribution in [2.75, 3.05) is 6.61 Å². The average Bonchev–Trinajstić information content (AvgIpc) is 1.99. The van der Waals surface area contributed by atoms with Gasteiger partial charge in [0, 0.05) is 6.61 Å². The topological polar surface area (TPSA) is 20.2 Å². The summed E-state index contributed by atoms with van der Waals surface area (Å²) in [6.07, 6.45) is 8.87. The van der Waals surface area contributed by atoms with E-state index in [1.165, 1.54) is 12.8 Å². The molecule has 1 unspecified atom stereocenters. The first-order chi connectivity index (χ1) is 5.31. The van der Waals surface area contributed by atoms with Crippen LogP contribution in [-0.4, -0.2) is 11.7 Å². The Morgan fingerprint density at radius 1 is 1.45 bits per heavy atom. The van der Waals surface area contributed by atoms with Gasteiger partial charge < -0.3 is 5.11 Å². The molecule has 0 heterocycles. The number of hydrogen-bond acceptors (Lipinski definition) is 1. The van der Waals surface area contributed by atoms with E-state index in [0.717, 1.165) is 12.8 Å². The van der Waals surface area contributed by atoms with Crippen molar-refractivity contribution in [3.8, 4) is 0 Å². The van der Waals surface area contributed by atoms with Crippen LogP contribution < -0.4 is 0 Å². The zero-order valence-electron chi connectivity index (χ0n) is 7.71. The van der Waals surface area contributed by atoms with Gasteiger partial charge in [0.25, 0.3) is 0 Å². The molecule has 0 saturated heterocycles. The average molecular weight is 156 g/mol. The summed E-state index contributed by atoms with van der Waals surface area (Å²) >= 11 is 0. The molecule has 0 aliphatic rings. The molecule has 0 bridgehead atoms. The van der Waals surface area contributed by atoms with Gasteiger partial charge in [-0.25, -0.2) is 0 Å². The highest BCUT2D eigenvalue weighted by Crippen LogP contribution is 2.06. The molecule has 1 atom stereocenters. The van der Waals surface area contributed by atoms with Crippen molar-refractivity contribution >= 4 is 0 Å². The molecular formula is C10H20O. The van der Waals surface area contributed by atoms with Crippen LogP contribution in [0.2, 0.25) is 0 Å². The molecule has 0 spiro atoms. The van der Waals surface area contributed by atoms with E-state index in [0.29, 0.717) is 12.5 Å². The van der Waals surface area contributed by atoms with E-state index in [4.69, 9.17) is 5.11 Å². The van der Waals surface area contributed by atoms with Crippen LogP contribution in [0.1, 0.15) is 39.5 Å². The van der Waals surface area contributed by atoms with Crippen LogP contribution in [0.15, 0.2) is 12.2 Å². The van der Waals surface area contributed by atoms with Gasteiger partial charge in [0.15, 0.2) is 0 Å². The van der Waals surface area contributed by atoms with Crippen LogP contribution in [0.4, 0.5) is 0 Å². The van der Waals surface area contributed by atoms with Crippen molar-refractivity contribution in [1.82, 2.24) is 0 Å². The van der Waals surface area contributed by atoms with Crippen LogP contribution in [0.5, 0.6) is 0 Å². The molecular weight excluding hydrogens is 136 g/mol. The minimum Gasteiger partial charge on any atom is -0.396 e. The van der Waals surface area contributed by atoms with Crippen molar-refractivity contribution < 1.29 is 5.11 Å². The molecule has 0 amide bonds. The van der Waals surface area contributed by atoms with Crippen molar-refractivity contribution in [1.29, 1.82) is 0 Å². The van der Waals surface area contributed by atoms with Gasteiger partial charge in [-0.05, 0) is 25.2 Å². The highest BCUT2D eigenvalue weighted by atomic mass is 16.2. The predicted octanol–water partition coefficient (Wildman–Crippen LogP) is 2.75. The Kier molecular flexibility index (Phi) is 7.59. The van der Waals surface area contributed by atoms with Gasteiger partial charge >= 0.3 is 0 Å². The molecule has 66 valence electrons. The Balaban J connectivity index is 3.24. The van der Waals surface area contributed by atoms with Gasteiger partial charge in [-0.15, -0.1) is 0 Å².